The van der Waals surface area contributed by atoms with Crippen molar-refractivity contribution in [3.63, 3.8) is 0 Å². The molecular weight excluding hydrogens is 184 g/mol. The Kier molecular flexibility index (Phi) is 2.79. The SMILES string of the molecule is O=C(O)C1CC1C(=O)NCC(F)F. The molecule has 2 N–H and O–H groups in total. The lowest BCUT2D eigenvalue weighted by Crippen LogP contribution is -2.30. The molecule has 1 fully saturated rings. The third kappa shape index (κ3) is 2.64. The molecule has 4 nitrogen and oxygen atoms in total. The van der Waals surface area contributed by atoms with Crippen LogP contribution in [0.2, 0.25) is 0 Å². The number of hydrogen-bond donors (Lipinski definition) is 2. The molecule has 1 amide bonds. The second-order valence-corrected chi connectivity index (χ2v) is 2.92. The van der Waals surface area contributed by atoms with Crippen LogP contribution in [0.1, 0.15) is 6.42 Å². The third-order valence-electron chi connectivity index (χ3n) is 1.88. The minimum absolute atomic E-state index is 0.254. The second kappa shape index (κ2) is 3.68. The maximum atomic E-state index is 11.6. The van der Waals surface area contributed by atoms with Gasteiger partial charge in [-0.3, -0.25) is 9.59 Å². The number of hydrogen-bond acceptors (Lipinski definition) is 2. The van der Waals surface area contributed by atoms with Gasteiger partial charge in [0.15, 0.2) is 0 Å². The quantitative estimate of drug-likeness (QED) is 0.664. The van der Waals surface area contributed by atoms with Gasteiger partial charge >= 0.3 is 5.97 Å². The van der Waals surface area contributed by atoms with Gasteiger partial charge in [0.1, 0.15) is 0 Å². The summed E-state index contributed by atoms with van der Waals surface area (Å²) in [6.07, 6.45) is -2.34. The van der Waals surface area contributed by atoms with E-state index in [0.717, 1.165) is 0 Å². The van der Waals surface area contributed by atoms with Crippen molar-refractivity contribution in [2.24, 2.45) is 11.8 Å². The van der Waals surface area contributed by atoms with Crippen molar-refractivity contribution >= 4 is 11.9 Å². The molecule has 0 radical (unpaired) electrons. The van der Waals surface area contributed by atoms with Crippen molar-refractivity contribution in [1.82, 2.24) is 5.32 Å². The Labute approximate surface area is 72.9 Å². The second-order valence-electron chi connectivity index (χ2n) is 2.92. The average Bonchev–Trinajstić information content (AvgIpc) is 2.78. The van der Waals surface area contributed by atoms with E-state index in [9.17, 15) is 18.4 Å². The number of aliphatic carboxylic acids is 1. The molecule has 74 valence electrons. The monoisotopic (exact) mass is 193 g/mol. The van der Waals surface area contributed by atoms with Crippen molar-refractivity contribution in [3.05, 3.63) is 0 Å². The third-order valence-corrected chi connectivity index (χ3v) is 1.88. The number of carboxylic acids is 1. The molecule has 0 aliphatic heterocycles. The predicted octanol–water partition coefficient (Wildman–Crippen LogP) is 0.0884. The number of rotatable bonds is 4. The standard InChI is InChI=1S/C7H9F2NO3/c8-5(9)2-10-6(11)3-1-4(3)7(12)13/h3-5H,1-2H2,(H,10,11)(H,12,13). The fraction of sp³-hybridized carbons (Fsp3) is 0.714. The number of alkyl halides is 2. The number of carboxylic acid groups (broad SMARTS) is 1. The van der Waals surface area contributed by atoms with Crippen molar-refractivity contribution in [3.8, 4) is 0 Å². The summed E-state index contributed by atoms with van der Waals surface area (Å²) in [5.41, 5.74) is 0. The van der Waals surface area contributed by atoms with E-state index in [1.165, 1.54) is 0 Å². The first-order chi connectivity index (χ1) is 6.02. The molecule has 0 aromatic heterocycles. The Morgan fingerprint density at radius 2 is 2.08 bits per heavy atom. The van der Waals surface area contributed by atoms with Crippen LogP contribution < -0.4 is 5.32 Å². The number of nitrogens with one attached hydrogen (secondary N) is 1. The summed E-state index contributed by atoms with van der Waals surface area (Å²) in [5.74, 6) is -2.93. The Morgan fingerprint density at radius 1 is 1.46 bits per heavy atom. The van der Waals surface area contributed by atoms with E-state index in [1.807, 2.05) is 5.32 Å². The molecule has 1 aliphatic carbocycles. The van der Waals surface area contributed by atoms with Gasteiger partial charge < -0.3 is 10.4 Å². The summed E-state index contributed by atoms with van der Waals surface area (Å²) in [6.45, 7) is -0.707. The number of halogens is 2. The summed E-state index contributed by atoms with van der Waals surface area (Å²) < 4.78 is 23.2. The molecule has 6 heteroatoms. The summed E-state index contributed by atoms with van der Waals surface area (Å²) >= 11 is 0. The Hall–Kier alpha value is -1.20. The van der Waals surface area contributed by atoms with Gasteiger partial charge in [-0.1, -0.05) is 0 Å². The lowest BCUT2D eigenvalue weighted by atomic mass is 10.3. The van der Waals surface area contributed by atoms with Gasteiger partial charge in [-0.25, -0.2) is 8.78 Å². The lowest BCUT2D eigenvalue weighted by Gasteiger charge is -2.01. The zero-order chi connectivity index (χ0) is 10.0. The van der Waals surface area contributed by atoms with Crippen LogP contribution in [-0.4, -0.2) is 30.0 Å². The molecule has 2 unspecified atom stereocenters. The molecule has 0 aromatic rings. The van der Waals surface area contributed by atoms with Crippen LogP contribution in [-0.2, 0) is 9.59 Å². The number of amides is 1. The van der Waals surface area contributed by atoms with Gasteiger partial charge in [0, 0.05) is 0 Å². The van der Waals surface area contributed by atoms with Crippen LogP contribution >= 0.6 is 0 Å². The van der Waals surface area contributed by atoms with E-state index < -0.39 is 36.7 Å². The van der Waals surface area contributed by atoms with E-state index in [-0.39, 0.29) is 6.42 Å². The van der Waals surface area contributed by atoms with Crippen LogP contribution in [0.4, 0.5) is 8.78 Å². The highest BCUT2D eigenvalue weighted by molar-refractivity contribution is 5.89. The topological polar surface area (TPSA) is 66.4 Å². The molecule has 0 spiro atoms. The zero-order valence-electron chi connectivity index (χ0n) is 6.67. The Morgan fingerprint density at radius 3 is 2.46 bits per heavy atom. The fourth-order valence-electron chi connectivity index (χ4n) is 1.07. The van der Waals surface area contributed by atoms with Crippen LogP contribution in [0.25, 0.3) is 0 Å². The summed E-state index contributed by atoms with van der Waals surface area (Å²) in [6, 6.07) is 0. The molecule has 0 heterocycles. The average molecular weight is 193 g/mol. The molecule has 13 heavy (non-hydrogen) atoms. The maximum Gasteiger partial charge on any atom is 0.307 e. The Bertz CT molecular complexity index is 232. The van der Waals surface area contributed by atoms with Crippen LogP contribution in [0.15, 0.2) is 0 Å². The van der Waals surface area contributed by atoms with E-state index >= 15 is 0 Å². The molecule has 0 bridgehead atoms. The minimum atomic E-state index is -2.59. The number of carbonyl (C=O) groups excluding carboxylic acids is 1. The van der Waals surface area contributed by atoms with E-state index in [0.29, 0.717) is 0 Å². The maximum absolute atomic E-state index is 11.6. The first-order valence-electron chi connectivity index (χ1n) is 3.81. The first-order valence-corrected chi connectivity index (χ1v) is 3.81. The van der Waals surface area contributed by atoms with Gasteiger partial charge in [0.25, 0.3) is 6.43 Å². The Balaban J connectivity index is 2.24. The van der Waals surface area contributed by atoms with Gasteiger partial charge in [-0.2, -0.15) is 0 Å². The number of carbonyl (C=O) groups is 2. The van der Waals surface area contributed by atoms with Crippen LogP contribution in [0.3, 0.4) is 0 Å². The highest BCUT2D eigenvalue weighted by Crippen LogP contribution is 2.38. The van der Waals surface area contributed by atoms with E-state index in [4.69, 9.17) is 5.11 Å². The molecule has 1 saturated carbocycles. The molecular formula is C7H9F2NO3. The molecule has 0 aromatic carbocycles. The van der Waals surface area contributed by atoms with E-state index in [2.05, 4.69) is 0 Å². The van der Waals surface area contributed by atoms with Crippen molar-refractivity contribution in [2.45, 2.75) is 12.8 Å². The first kappa shape index (κ1) is 9.88. The summed E-state index contributed by atoms with van der Waals surface area (Å²) in [5, 5.41) is 10.4. The highest BCUT2D eigenvalue weighted by atomic mass is 19.3. The van der Waals surface area contributed by atoms with Crippen molar-refractivity contribution < 1.29 is 23.5 Å². The molecule has 1 rings (SSSR count). The highest BCUT2D eigenvalue weighted by Gasteiger charge is 2.48. The smallest absolute Gasteiger partial charge is 0.307 e. The van der Waals surface area contributed by atoms with Gasteiger partial charge in [-0.05, 0) is 6.42 Å². The molecule has 1 aliphatic rings. The van der Waals surface area contributed by atoms with Crippen molar-refractivity contribution in [1.29, 1.82) is 0 Å². The minimum Gasteiger partial charge on any atom is -0.481 e. The fourth-order valence-corrected chi connectivity index (χ4v) is 1.07. The van der Waals surface area contributed by atoms with Crippen LogP contribution in [0.5, 0.6) is 0 Å². The molecule has 2 atom stereocenters. The van der Waals surface area contributed by atoms with Crippen LogP contribution in [0, 0.1) is 11.8 Å². The van der Waals surface area contributed by atoms with E-state index in [1.54, 1.807) is 0 Å². The summed E-state index contributed by atoms with van der Waals surface area (Å²) in [7, 11) is 0. The normalized spacial score (nSPS) is 25.8. The lowest BCUT2D eigenvalue weighted by molar-refractivity contribution is -0.140. The van der Waals surface area contributed by atoms with Gasteiger partial charge in [0.05, 0.1) is 18.4 Å². The van der Waals surface area contributed by atoms with Crippen molar-refractivity contribution in [2.75, 3.05) is 6.54 Å². The zero-order valence-corrected chi connectivity index (χ0v) is 6.67. The largest absolute Gasteiger partial charge is 0.481 e. The summed E-state index contributed by atoms with van der Waals surface area (Å²) in [4.78, 5) is 21.2. The van der Waals surface area contributed by atoms with Gasteiger partial charge in [-0.15, -0.1) is 0 Å². The molecule has 0 saturated heterocycles. The van der Waals surface area contributed by atoms with Gasteiger partial charge in [0.2, 0.25) is 5.91 Å². The predicted molar refractivity (Wildman–Crippen MR) is 38.2 cm³/mol.